The highest BCUT2D eigenvalue weighted by Crippen LogP contribution is 2.23. The van der Waals surface area contributed by atoms with Gasteiger partial charge in [-0.3, -0.25) is 0 Å². The summed E-state index contributed by atoms with van der Waals surface area (Å²) in [6.07, 6.45) is 0. The summed E-state index contributed by atoms with van der Waals surface area (Å²) in [6, 6.07) is 24.7. The van der Waals surface area contributed by atoms with Gasteiger partial charge in [0, 0.05) is 29.7 Å². The van der Waals surface area contributed by atoms with E-state index in [1.165, 1.54) is 5.39 Å². The minimum atomic E-state index is 0.599. The number of rotatable bonds is 4. The molecular weight excluding hydrogens is 338 g/mol. The summed E-state index contributed by atoms with van der Waals surface area (Å²) in [6.45, 7) is 5.86. The highest BCUT2D eigenvalue weighted by Gasteiger charge is 2.10. The van der Waals surface area contributed by atoms with Crippen molar-refractivity contribution in [3.63, 3.8) is 0 Å². The average Bonchev–Trinajstić information content (AvgIpc) is 2.69. The lowest BCUT2D eigenvalue weighted by molar-refractivity contribution is 0.469. The molecule has 26 heavy (non-hydrogen) atoms. The van der Waals surface area contributed by atoms with Crippen LogP contribution in [0.5, 0.6) is 0 Å². The molecule has 3 aromatic carbocycles. The van der Waals surface area contributed by atoms with E-state index in [1.54, 1.807) is 0 Å². The Morgan fingerprint density at radius 2 is 1.54 bits per heavy atom. The van der Waals surface area contributed by atoms with Crippen LogP contribution in [-0.2, 0) is 0 Å². The quantitative estimate of drug-likeness (QED) is 0.387. The van der Waals surface area contributed by atoms with Gasteiger partial charge in [0.25, 0.3) is 0 Å². The molecule has 0 spiro atoms. The van der Waals surface area contributed by atoms with Gasteiger partial charge in [-0.25, -0.2) is 4.99 Å². The fourth-order valence-electron chi connectivity index (χ4n) is 2.88. The van der Waals surface area contributed by atoms with Crippen LogP contribution in [-0.4, -0.2) is 28.9 Å². The second-order valence-electron chi connectivity index (χ2n) is 5.93. The van der Waals surface area contributed by atoms with Gasteiger partial charge in [0.15, 0.2) is 5.11 Å². The summed E-state index contributed by atoms with van der Waals surface area (Å²) >= 11 is 5.56. The monoisotopic (exact) mass is 361 g/mol. The predicted molar refractivity (Wildman–Crippen MR) is 116 cm³/mol. The zero-order valence-electron chi connectivity index (χ0n) is 15.1. The van der Waals surface area contributed by atoms with E-state index in [0.29, 0.717) is 5.11 Å². The first-order valence-corrected chi connectivity index (χ1v) is 9.31. The molecule has 3 nitrogen and oxygen atoms in total. The topological polar surface area (TPSA) is 27.6 Å². The van der Waals surface area contributed by atoms with Gasteiger partial charge < -0.3 is 10.2 Å². The lowest BCUT2D eigenvalue weighted by Crippen LogP contribution is -2.29. The minimum absolute atomic E-state index is 0.599. The predicted octanol–water partition coefficient (Wildman–Crippen LogP) is 5.33. The van der Waals surface area contributed by atoms with Crippen molar-refractivity contribution in [2.45, 2.75) is 13.8 Å². The van der Waals surface area contributed by atoms with Crippen molar-refractivity contribution in [2.24, 2.45) is 4.99 Å². The molecule has 4 heteroatoms. The van der Waals surface area contributed by atoms with Crippen LogP contribution in [0, 0.1) is 0 Å². The summed E-state index contributed by atoms with van der Waals surface area (Å²) in [5, 5.41) is 6.46. The van der Waals surface area contributed by atoms with Gasteiger partial charge in [-0.15, -0.1) is 0 Å². The Balaban J connectivity index is 2.02. The molecule has 0 atom stereocenters. The molecule has 0 aliphatic rings. The second-order valence-corrected chi connectivity index (χ2v) is 6.30. The van der Waals surface area contributed by atoms with E-state index in [2.05, 4.69) is 54.4 Å². The van der Waals surface area contributed by atoms with Crippen LogP contribution in [0.3, 0.4) is 0 Å². The molecule has 3 aromatic rings. The van der Waals surface area contributed by atoms with Crippen molar-refractivity contribution < 1.29 is 0 Å². The zero-order chi connectivity index (χ0) is 18.4. The Morgan fingerprint density at radius 3 is 2.27 bits per heavy atom. The van der Waals surface area contributed by atoms with Crippen LogP contribution < -0.4 is 5.32 Å². The molecule has 0 fully saturated rings. The van der Waals surface area contributed by atoms with E-state index in [1.807, 2.05) is 42.5 Å². The Hall–Kier alpha value is -2.72. The van der Waals surface area contributed by atoms with E-state index >= 15 is 0 Å². The normalized spacial score (nSPS) is 11.4. The minimum Gasteiger partial charge on any atom is -0.348 e. The average molecular weight is 362 g/mol. The van der Waals surface area contributed by atoms with Crippen LogP contribution in [0.1, 0.15) is 19.4 Å². The first-order chi connectivity index (χ1) is 12.7. The molecule has 132 valence electrons. The fourth-order valence-corrected chi connectivity index (χ4v) is 3.23. The fraction of sp³-hybridized carbons (Fsp3) is 0.182. The summed E-state index contributed by atoms with van der Waals surface area (Å²) in [5.74, 6) is 0.763. The molecular formula is C22H23N3S. The Kier molecular flexibility index (Phi) is 5.97. The van der Waals surface area contributed by atoms with Crippen molar-refractivity contribution >= 4 is 39.6 Å². The number of benzene rings is 3. The van der Waals surface area contributed by atoms with Gasteiger partial charge in [-0.1, -0.05) is 66.7 Å². The number of hydrogen-bond donors (Lipinski definition) is 1. The molecule has 0 radical (unpaired) electrons. The van der Waals surface area contributed by atoms with E-state index in [-0.39, 0.29) is 0 Å². The van der Waals surface area contributed by atoms with Crippen LogP contribution in [0.25, 0.3) is 10.8 Å². The van der Waals surface area contributed by atoms with Gasteiger partial charge in [0.2, 0.25) is 0 Å². The van der Waals surface area contributed by atoms with Crippen molar-refractivity contribution in [3.8, 4) is 0 Å². The summed E-state index contributed by atoms with van der Waals surface area (Å²) < 4.78 is 0. The van der Waals surface area contributed by atoms with Crippen LogP contribution in [0.15, 0.2) is 77.8 Å². The molecule has 1 N–H and O–H groups in total. The van der Waals surface area contributed by atoms with Gasteiger partial charge in [-0.2, -0.15) is 0 Å². The third-order valence-corrected chi connectivity index (χ3v) is 4.68. The third kappa shape index (κ3) is 4.09. The number of nitrogens with one attached hydrogen (secondary N) is 1. The largest absolute Gasteiger partial charge is 0.348 e. The van der Waals surface area contributed by atoms with E-state index in [4.69, 9.17) is 17.2 Å². The number of thiocarbonyl (C=S) groups is 1. The Labute approximate surface area is 160 Å². The van der Waals surface area contributed by atoms with E-state index < -0.39 is 0 Å². The van der Waals surface area contributed by atoms with Crippen molar-refractivity contribution in [2.75, 3.05) is 18.4 Å². The number of aliphatic imine (C=N–C) groups is 1. The van der Waals surface area contributed by atoms with E-state index in [9.17, 15) is 0 Å². The molecule has 0 unspecified atom stereocenters. The molecule has 0 amide bonds. The van der Waals surface area contributed by atoms with Crippen molar-refractivity contribution in [1.29, 1.82) is 0 Å². The van der Waals surface area contributed by atoms with Crippen molar-refractivity contribution in [1.82, 2.24) is 4.90 Å². The lowest BCUT2D eigenvalue weighted by Gasteiger charge is -2.20. The van der Waals surface area contributed by atoms with Crippen molar-refractivity contribution in [3.05, 3.63) is 78.4 Å². The summed E-state index contributed by atoms with van der Waals surface area (Å²) in [4.78, 5) is 6.83. The van der Waals surface area contributed by atoms with Gasteiger partial charge in [0.05, 0.1) is 0 Å². The van der Waals surface area contributed by atoms with Gasteiger partial charge in [-0.05, 0) is 37.5 Å². The standard InChI is InChI=1S/C22H23N3S/c1-3-25(4-2)22(26)24-21(18-12-6-5-7-13-18)23-20-16-10-14-17-11-8-9-15-19(17)20/h5-16H,3-4H2,1-2H3,(H,23,24,26). The third-order valence-electron chi connectivity index (χ3n) is 4.33. The number of anilines is 1. The summed E-state index contributed by atoms with van der Waals surface area (Å²) in [5.41, 5.74) is 2.03. The number of amidine groups is 1. The highest BCUT2D eigenvalue weighted by atomic mass is 32.1. The molecule has 0 bridgehead atoms. The SMILES string of the molecule is CCN(CC)C(=S)N=C(Nc1cccc2ccccc12)c1ccccc1. The van der Waals surface area contributed by atoms with Crippen LogP contribution in [0.4, 0.5) is 5.69 Å². The first kappa shape index (κ1) is 18.1. The molecule has 0 aromatic heterocycles. The maximum Gasteiger partial charge on any atom is 0.197 e. The van der Waals surface area contributed by atoms with E-state index in [0.717, 1.165) is 35.6 Å². The highest BCUT2D eigenvalue weighted by molar-refractivity contribution is 7.80. The number of hydrogen-bond acceptors (Lipinski definition) is 1. The molecule has 0 aliphatic heterocycles. The lowest BCUT2D eigenvalue weighted by atomic mass is 10.1. The molecule has 0 aliphatic carbocycles. The Morgan fingerprint density at radius 1 is 0.885 bits per heavy atom. The molecule has 0 saturated heterocycles. The Bertz CT molecular complexity index is 910. The summed E-state index contributed by atoms with van der Waals surface area (Å²) in [7, 11) is 0. The first-order valence-electron chi connectivity index (χ1n) is 8.90. The van der Waals surface area contributed by atoms with Crippen LogP contribution >= 0.6 is 12.2 Å². The van der Waals surface area contributed by atoms with Gasteiger partial charge >= 0.3 is 0 Å². The number of nitrogens with zero attached hydrogens (tertiary/aromatic N) is 2. The molecule has 3 rings (SSSR count). The van der Waals surface area contributed by atoms with Gasteiger partial charge in [0.1, 0.15) is 5.84 Å². The van der Waals surface area contributed by atoms with Crippen LogP contribution in [0.2, 0.25) is 0 Å². The smallest absolute Gasteiger partial charge is 0.197 e. The molecule has 0 saturated carbocycles. The zero-order valence-corrected chi connectivity index (χ0v) is 16.0. The maximum atomic E-state index is 5.56. The molecule has 0 heterocycles. The second kappa shape index (κ2) is 8.59. The number of fused-ring (bicyclic) bond motifs is 1. The maximum absolute atomic E-state index is 5.56.